The first kappa shape index (κ1) is 13.5. The number of amides is 2. The van der Waals surface area contributed by atoms with Crippen LogP contribution in [0, 0.1) is 5.92 Å². The largest absolute Gasteiger partial charge is 0.326 e. The maximum Gasteiger partial charge on any atom is 0.241 e. The molecule has 1 heterocycles. The molecule has 0 aromatic heterocycles. The van der Waals surface area contributed by atoms with Crippen molar-refractivity contribution in [2.24, 2.45) is 5.92 Å². The van der Waals surface area contributed by atoms with E-state index in [9.17, 15) is 9.59 Å². The highest BCUT2D eigenvalue weighted by Gasteiger charge is 2.29. The molecule has 1 saturated heterocycles. The Morgan fingerprint density at radius 2 is 1.74 bits per heavy atom. The second-order valence-electron chi connectivity index (χ2n) is 4.95. The van der Waals surface area contributed by atoms with Crippen molar-refractivity contribution in [1.82, 2.24) is 5.32 Å². The zero-order valence-corrected chi connectivity index (χ0v) is 11.2. The number of hydrogen-bond acceptors (Lipinski definition) is 3. The molecule has 3 N–H and O–H groups in total. The van der Waals surface area contributed by atoms with Crippen LogP contribution >= 0.6 is 0 Å². The zero-order valence-electron chi connectivity index (χ0n) is 11.2. The van der Waals surface area contributed by atoms with E-state index in [0.717, 1.165) is 24.3 Å². The van der Waals surface area contributed by atoms with Crippen molar-refractivity contribution in [3.8, 4) is 0 Å². The van der Waals surface area contributed by atoms with Gasteiger partial charge in [-0.25, -0.2) is 0 Å². The first-order valence-electron chi connectivity index (χ1n) is 6.48. The molecule has 2 amide bonds. The van der Waals surface area contributed by atoms with Crippen LogP contribution in [0.4, 0.5) is 11.4 Å². The van der Waals surface area contributed by atoms with Crippen molar-refractivity contribution >= 4 is 23.2 Å². The van der Waals surface area contributed by atoms with E-state index >= 15 is 0 Å². The van der Waals surface area contributed by atoms with Gasteiger partial charge in [0.1, 0.15) is 0 Å². The minimum atomic E-state index is -0.116. The summed E-state index contributed by atoms with van der Waals surface area (Å²) in [7, 11) is 0. The lowest BCUT2D eigenvalue weighted by Gasteiger charge is -2.15. The maximum absolute atomic E-state index is 12.0. The topological polar surface area (TPSA) is 70.2 Å². The van der Waals surface area contributed by atoms with Crippen molar-refractivity contribution in [1.29, 1.82) is 0 Å². The first-order chi connectivity index (χ1) is 9.06. The molecule has 2 atom stereocenters. The molecule has 1 aromatic rings. The summed E-state index contributed by atoms with van der Waals surface area (Å²) in [4.78, 5) is 22.9. The predicted molar refractivity (Wildman–Crippen MR) is 74.9 cm³/mol. The molecule has 5 nitrogen and oxygen atoms in total. The van der Waals surface area contributed by atoms with Crippen molar-refractivity contribution in [3.05, 3.63) is 24.3 Å². The maximum atomic E-state index is 12.0. The smallest absolute Gasteiger partial charge is 0.241 e. The van der Waals surface area contributed by atoms with Gasteiger partial charge in [-0.2, -0.15) is 0 Å². The quantitative estimate of drug-likeness (QED) is 0.773. The summed E-state index contributed by atoms with van der Waals surface area (Å²) in [5.74, 6) is 0.247. The molecule has 0 saturated carbocycles. The van der Waals surface area contributed by atoms with Gasteiger partial charge in [-0.1, -0.05) is 6.92 Å². The summed E-state index contributed by atoms with van der Waals surface area (Å²) in [6.45, 7) is 4.42. The van der Waals surface area contributed by atoms with E-state index in [0.29, 0.717) is 5.92 Å². The van der Waals surface area contributed by atoms with Gasteiger partial charge in [0.05, 0.1) is 6.04 Å². The molecule has 102 valence electrons. The Labute approximate surface area is 112 Å². The molecule has 0 aliphatic carbocycles. The SMILES string of the molecule is CC(=O)Nc1ccc(NC(=O)C2NCCC2C)cc1. The molecule has 0 bridgehead atoms. The van der Waals surface area contributed by atoms with Crippen LogP contribution in [0.1, 0.15) is 20.3 Å². The Kier molecular flexibility index (Phi) is 4.16. The number of anilines is 2. The van der Waals surface area contributed by atoms with Crippen LogP contribution in [0.15, 0.2) is 24.3 Å². The van der Waals surface area contributed by atoms with Gasteiger partial charge in [0.2, 0.25) is 11.8 Å². The standard InChI is InChI=1S/C14H19N3O2/c1-9-7-8-15-13(9)14(19)17-12-5-3-11(4-6-12)16-10(2)18/h3-6,9,13,15H,7-8H2,1-2H3,(H,16,18)(H,17,19). The van der Waals surface area contributed by atoms with E-state index in [-0.39, 0.29) is 17.9 Å². The zero-order chi connectivity index (χ0) is 13.8. The molecule has 2 rings (SSSR count). The fourth-order valence-electron chi connectivity index (χ4n) is 2.25. The molecule has 0 spiro atoms. The van der Waals surface area contributed by atoms with Crippen LogP contribution in [-0.4, -0.2) is 24.4 Å². The van der Waals surface area contributed by atoms with Gasteiger partial charge >= 0.3 is 0 Å². The molecule has 0 radical (unpaired) electrons. The van der Waals surface area contributed by atoms with Gasteiger partial charge < -0.3 is 16.0 Å². The monoisotopic (exact) mass is 261 g/mol. The van der Waals surface area contributed by atoms with Crippen LogP contribution in [0.5, 0.6) is 0 Å². The van der Waals surface area contributed by atoms with Crippen LogP contribution in [0.3, 0.4) is 0 Å². The van der Waals surface area contributed by atoms with Gasteiger partial charge in [0, 0.05) is 18.3 Å². The second-order valence-corrected chi connectivity index (χ2v) is 4.95. The molecular weight excluding hydrogens is 242 g/mol. The summed E-state index contributed by atoms with van der Waals surface area (Å²) in [6, 6.07) is 6.98. The highest BCUT2D eigenvalue weighted by atomic mass is 16.2. The van der Waals surface area contributed by atoms with Crippen molar-refractivity contribution in [2.75, 3.05) is 17.2 Å². The number of nitrogens with one attached hydrogen (secondary N) is 3. The highest BCUT2D eigenvalue weighted by Crippen LogP contribution is 2.18. The van der Waals surface area contributed by atoms with Gasteiger partial charge in [0.25, 0.3) is 0 Å². The minimum Gasteiger partial charge on any atom is -0.326 e. The molecule has 1 aliphatic heterocycles. The third kappa shape index (κ3) is 3.54. The Morgan fingerprint density at radius 1 is 1.16 bits per heavy atom. The van der Waals surface area contributed by atoms with Gasteiger partial charge in [-0.3, -0.25) is 9.59 Å². The van der Waals surface area contributed by atoms with E-state index < -0.39 is 0 Å². The van der Waals surface area contributed by atoms with E-state index in [1.807, 2.05) is 0 Å². The van der Waals surface area contributed by atoms with Crippen LogP contribution in [0.25, 0.3) is 0 Å². The van der Waals surface area contributed by atoms with Crippen molar-refractivity contribution < 1.29 is 9.59 Å². The molecule has 19 heavy (non-hydrogen) atoms. The summed E-state index contributed by atoms with van der Waals surface area (Å²) >= 11 is 0. The van der Waals surface area contributed by atoms with E-state index in [1.54, 1.807) is 24.3 Å². The normalized spacial score (nSPS) is 22.0. The molecular formula is C14H19N3O2. The van der Waals surface area contributed by atoms with Gasteiger partial charge in [-0.05, 0) is 43.1 Å². The minimum absolute atomic E-state index is 0.00252. The third-order valence-electron chi connectivity index (χ3n) is 3.29. The third-order valence-corrected chi connectivity index (χ3v) is 3.29. The van der Waals surface area contributed by atoms with E-state index in [4.69, 9.17) is 0 Å². The lowest BCUT2D eigenvalue weighted by Crippen LogP contribution is -2.39. The summed E-state index contributed by atoms with van der Waals surface area (Å²) < 4.78 is 0. The summed E-state index contributed by atoms with van der Waals surface area (Å²) in [5.41, 5.74) is 1.46. The lowest BCUT2D eigenvalue weighted by molar-refractivity contribution is -0.118. The lowest BCUT2D eigenvalue weighted by atomic mass is 10.0. The van der Waals surface area contributed by atoms with Gasteiger partial charge in [-0.15, -0.1) is 0 Å². The molecule has 1 fully saturated rings. The molecule has 2 unspecified atom stereocenters. The van der Waals surface area contributed by atoms with E-state index in [2.05, 4.69) is 22.9 Å². The molecule has 5 heteroatoms. The average Bonchev–Trinajstić information content (AvgIpc) is 2.77. The van der Waals surface area contributed by atoms with Crippen molar-refractivity contribution in [2.45, 2.75) is 26.3 Å². The van der Waals surface area contributed by atoms with Crippen LogP contribution < -0.4 is 16.0 Å². The van der Waals surface area contributed by atoms with Gasteiger partial charge in [0.15, 0.2) is 0 Å². The fraction of sp³-hybridized carbons (Fsp3) is 0.429. The highest BCUT2D eigenvalue weighted by molar-refractivity contribution is 5.95. The Hall–Kier alpha value is -1.88. The first-order valence-corrected chi connectivity index (χ1v) is 6.48. The Balaban J connectivity index is 1.95. The Morgan fingerprint density at radius 3 is 2.21 bits per heavy atom. The summed E-state index contributed by atoms with van der Waals surface area (Å²) in [6.07, 6.45) is 1.03. The summed E-state index contributed by atoms with van der Waals surface area (Å²) in [5, 5.41) is 8.76. The number of benzene rings is 1. The number of carbonyl (C=O) groups excluding carboxylic acids is 2. The number of rotatable bonds is 3. The van der Waals surface area contributed by atoms with Crippen LogP contribution in [-0.2, 0) is 9.59 Å². The second kappa shape index (κ2) is 5.84. The molecule has 1 aromatic carbocycles. The fourth-order valence-corrected chi connectivity index (χ4v) is 2.25. The molecule has 1 aliphatic rings. The number of carbonyl (C=O) groups is 2. The van der Waals surface area contributed by atoms with Crippen molar-refractivity contribution in [3.63, 3.8) is 0 Å². The van der Waals surface area contributed by atoms with E-state index in [1.165, 1.54) is 6.92 Å². The Bertz CT molecular complexity index is 470. The average molecular weight is 261 g/mol. The number of hydrogen-bond donors (Lipinski definition) is 3. The van der Waals surface area contributed by atoms with Crippen LogP contribution in [0.2, 0.25) is 0 Å². The predicted octanol–water partition coefficient (Wildman–Crippen LogP) is 1.58.